The van der Waals surface area contributed by atoms with Crippen LogP contribution in [0.4, 0.5) is 0 Å². The van der Waals surface area contributed by atoms with E-state index in [9.17, 15) is 0 Å². The Balaban J connectivity index is 2.44. The minimum absolute atomic E-state index is 0.425. The van der Waals surface area contributed by atoms with Crippen molar-refractivity contribution in [3.8, 4) is 11.3 Å². The van der Waals surface area contributed by atoms with Crippen molar-refractivity contribution < 1.29 is 0 Å². The van der Waals surface area contributed by atoms with Gasteiger partial charge >= 0.3 is 0 Å². The number of imidazole rings is 1. The first kappa shape index (κ1) is 10.2. The minimum atomic E-state index is 0.425. The fraction of sp³-hybridized carbons (Fsp3) is 0.182. The van der Waals surface area contributed by atoms with E-state index in [0.29, 0.717) is 6.54 Å². The molecule has 15 heavy (non-hydrogen) atoms. The van der Waals surface area contributed by atoms with E-state index >= 15 is 0 Å². The second kappa shape index (κ2) is 4.04. The Kier molecular flexibility index (Phi) is 2.75. The van der Waals surface area contributed by atoms with Gasteiger partial charge in [-0.25, -0.2) is 4.98 Å². The van der Waals surface area contributed by atoms with Crippen LogP contribution in [0.3, 0.4) is 0 Å². The number of aromatic nitrogens is 2. The molecule has 0 aliphatic heterocycles. The van der Waals surface area contributed by atoms with Crippen molar-refractivity contribution in [2.24, 2.45) is 5.73 Å². The van der Waals surface area contributed by atoms with Gasteiger partial charge in [0.25, 0.3) is 0 Å². The lowest BCUT2D eigenvalue weighted by Crippen LogP contribution is -1.97. The normalized spacial score (nSPS) is 10.6. The van der Waals surface area contributed by atoms with Crippen LogP contribution in [0, 0.1) is 6.92 Å². The van der Waals surface area contributed by atoms with E-state index in [1.54, 1.807) is 0 Å². The number of aryl methyl sites for hydroxylation is 1. The maximum atomic E-state index is 5.82. The number of nitrogens with zero attached hydrogens (tertiary/aromatic N) is 1. The third kappa shape index (κ3) is 2.03. The summed E-state index contributed by atoms with van der Waals surface area (Å²) in [5, 5.41) is 0.728. The molecule has 0 amide bonds. The third-order valence-corrected chi connectivity index (χ3v) is 2.50. The van der Waals surface area contributed by atoms with Crippen LogP contribution in [0.1, 0.15) is 11.5 Å². The lowest BCUT2D eigenvalue weighted by molar-refractivity contribution is 0.944. The van der Waals surface area contributed by atoms with Gasteiger partial charge in [-0.15, -0.1) is 0 Å². The van der Waals surface area contributed by atoms with Crippen LogP contribution < -0.4 is 5.73 Å². The van der Waals surface area contributed by atoms with Crippen LogP contribution in [0.5, 0.6) is 0 Å². The molecule has 1 heterocycles. The fourth-order valence-electron chi connectivity index (χ4n) is 1.51. The maximum absolute atomic E-state index is 5.82. The highest BCUT2D eigenvalue weighted by Gasteiger charge is 2.07. The maximum Gasteiger partial charge on any atom is 0.120 e. The number of nitrogens with two attached hydrogens (primary N) is 1. The van der Waals surface area contributed by atoms with E-state index in [1.165, 1.54) is 0 Å². The van der Waals surface area contributed by atoms with Crippen LogP contribution in [0.2, 0.25) is 5.02 Å². The van der Waals surface area contributed by atoms with Crippen molar-refractivity contribution in [1.29, 1.82) is 0 Å². The highest BCUT2D eigenvalue weighted by Crippen LogP contribution is 2.22. The van der Waals surface area contributed by atoms with Gasteiger partial charge in [-0.05, 0) is 19.1 Å². The molecule has 0 bridgehead atoms. The van der Waals surface area contributed by atoms with Crippen molar-refractivity contribution in [3.05, 3.63) is 40.8 Å². The third-order valence-electron chi connectivity index (χ3n) is 2.24. The summed E-state index contributed by atoms with van der Waals surface area (Å²) in [5.74, 6) is 0.803. The van der Waals surface area contributed by atoms with E-state index in [4.69, 9.17) is 17.3 Å². The van der Waals surface area contributed by atoms with E-state index < -0.39 is 0 Å². The van der Waals surface area contributed by atoms with Crippen LogP contribution in [0.15, 0.2) is 24.3 Å². The topological polar surface area (TPSA) is 54.7 Å². The molecule has 4 heteroatoms. The molecule has 0 aliphatic carbocycles. The molecule has 0 saturated carbocycles. The summed E-state index contributed by atoms with van der Waals surface area (Å²) >= 11 is 5.82. The molecule has 0 spiro atoms. The molecule has 0 radical (unpaired) electrons. The highest BCUT2D eigenvalue weighted by molar-refractivity contribution is 6.30. The van der Waals surface area contributed by atoms with Gasteiger partial charge in [-0.2, -0.15) is 0 Å². The second-order valence-corrected chi connectivity index (χ2v) is 3.80. The molecule has 0 unspecified atom stereocenters. The lowest BCUT2D eigenvalue weighted by atomic mass is 10.1. The molecule has 1 aromatic carbocycles. The zero-order valence-corrected chi connectivity index (χ0v) is 9.17. The molecule has 0 aliphatic rings. The molecule has 1 aromatic heterocycles. The molecule has 78 valence electrons. The van der Waals surface area contributed by atoms with Crippen LogP contribution in [-0.2, 0) is 6.54 Å². The van der Waals surface area contributed by atoms with Crippen LogP contribution >= 0.6 is 11.6 Å². The van der Waals surface area contributed by atoms with Crippen LogP contribution in [0.25, 0.3) is 11.3 Å². The van der Waals surface area contributed by atoms with Crippen LogP contribution in [-0.4, -0.2) is 9.97 Å². The van der Waals surface area contributed by atoms with Gasteiger partial charge in [0, 0.05) is 16.3 Å². The van der Waals surface area contributed by atoms with E-state index in [-0.39, 0.29) is 0 Å². The molecular weight excluding hydrogens is 210 g/mol. The fourth-order valence-corrected chi connectivity index (χ4v) is 1.63. The zero-order chi connectivity index (χ0) is 10.8. The van der Waals surface area contributed by atoms with Gasteiger partial charge in [0.15, 0.2) is 0 Å². The first-order valence-electron chi connectivity index (χ1n) is 4.72. The monoisotopic (exact) mass is 221 g/mol. The SMILES string of the molecule is Cc1[nH]c(CN)nc1-c1ccc(Cl)cc1. The summed E-state index contributed by atoms with van der Waals surface area (Å²) in [6.45, 7) is 2.41. The molecule has 0 atom stereocenters. The summed E-state index contributed by atoms with van der Waals surface area (Å²) < 4.78 is 0. The summed E-state index contributed by atoms with van der Waals surface area (Å²) in [6.07, 6.45) is 0. The molecule has 2 aromatic rings. The Bertz CT molecular complexity index is 459. The molecule has 3 nitrogen and oxygen atoms in total. The zero-order valence-electron chi connectivity index (χ0n) is 8.42. The predicted molar refractivity (Wildman–Crippen MR) is 61.7 cm³/mol. The van der Waals surface area contributed by atoms with Gasteiger partial charge in [-0.3, -0.25) is 0 Å². The quantitative estimate of drug-likeness (QED) is 0.819. The second-order valence-electron chi connectivity index (χ2n) is 3.37. The Morgan fingerprint density at radius 1 is 1.33 bits per heavy atom. The summed E-state index contributed by atoms with van der Waals surface area (Å²) in [4.78, 5) is 7.54. The average Bonchev–Trinajstić information content (AvgIpc) is 2.61. The number of hydrogen-bond acceptors (Lipinski definition) is 2. The van der Waals surface area contributed by atoms with E-state index in [1.807, 2.05) is 31.2 Å². The number of halogens is 1. The van der Waals surface area contributed by atoms with Crippen molar-refractivity contribution >= 4 is 11.6 Å². The first-order valence-corrected chi connectivity index (χ1v) is 5.10. The van der Waals surface area contributed by atoms with E-state index in [2.05, 4.69) is 9.97 Å². The standard InChI is InChI=1S/C11H12ClN3/c1-7-11(15-10(6-13)14-7)8-2-4-9(12)5-3-8/h2-5H,6,13H2,1H3,(H,14,15). The Labute approximate surface area is 93.3 Å². The summed E-state index contributed by atoms with van der Waals surface area (Å²) in [7, 11) is 0. The summed E-state index contributed by atoms with van der Waals surface area (Å²) in [5.41, 5.74) is 8.53. The molecular formula is C11H12ClN3. The predicted octanol–water partition coefficient (Wildman–Crippen LogP) is 2.50. The highest BCUT2D eigenvalue weighted by atomic mass is 35.5. The minimum Gasteiger partial charge on any atom is -0.344 e. The number of H-pyrrole nitrogens is 1. The lowest BCUT2D eigenvalue weighted by Gasteiger charge is -1.98. The smallest absolute Gasteiger partial charge is 0.120 e. The van der Waals surface area contributed by atoms with Gasteiger partial charge in [0.1, 0.15) is 5.82 Å². The van der Waals surface area contributed by atoms with Crippen molar-refractivity contribution in [3.63, 3.8) is 0 Å². The van der Waals surface area contributed by atoms with Gasteiger partial charge in [-0.1, -0.05) is 23.7 Å². The van der Waals surface area contributed by atoms with E-state index in [0.717, 1.165) is 27.8 Å². The molecule has 3 N–H and O–H groups in total. The molecule has 2 rings (SSSR count). The van der Waals surface area contributed by atoms with Gasteiger partial charge < -0.3 is 10.7 Å². The molecule has 0 fully saturated rings. The largest absolute Gasteiger partial charge is 0.344 e. The molecule has 0 saturated heterocycles. The Hall–Kier alpha value is -1.32. The Morgan fingerprint density at radius 2 is 2.00 bits per heavy atom. The number of nitrogens with one attached hydrogen (secondary N) is 1. The number of benzene rings is 1. The Morgan fingerprint density at radius 3 is 2.53 bits per heavy atom. The number of rotatable bonds is 2. The average molecular weight is 222 g/mol. The van der Waals surface area contributed by atoms with Gasteiger partial charge in [0.2, 0.25) is 0 Å². The van der Waals surface area contributed by atoms with Crippen molar-refractivity contribution in [1.82, 2.24) is 9.97 Å². The van der Waals surface area contributed by atoms with Crippen molar-refractivity contribution in [2.75, 3.05) is 0 Å². The number of aromatic amines is 1. The number of hydrogen-bond donors (Lipinski definition) is 2. The summed E-state index contributed by atoms with van der Waals surface area (Å²) in [6, 6.07) is 7.61. The van der Waals surface area contributed by atoms with Crippen molar-refractivity contribution in [2.45, 2.75) is 13.5 Å². The van der Waals surface area contributed by atoms with Gasteiger partial charge in [0.05, 0.1) is 12.2 Å². The first-order chi connectivity index (χ1) is 7.20.